The third-order valence-electron chi connectivity index (χ3n) is 8.83. The standard InChI is InChI=1S/C36H44N6O5S/c1-22(2)29-14-15-31(35-37-18-27(19-38-35)47-23(3)4)42(7)32(29)21-46-33-17-30(34-24(5)10-8-11-25(34)6)39-36(40-33)41-48(44,45)28-13-9-12-26(16-28)20-43/h8-13,16-20,22-23,29,31-32H,14-15,21H2,1-7H3,(H,39,40,41). The van der Waals surface area contributed by atoms with Gasteiger partial charge in [-0.3, -0.25) is 9.69 Å². The lowest BCUT2D eigenvalue weighted by atomic mass is 9.79. The lowest BCUT2D eigenvalue weighted by molar-refractivity contribution is 0.00988. The van der Waals surface area contributed by atoms with Gasteiger partial charge in [-0.1, -0.05) is 44.2 Å². The Hall–Kier alpha value is -4.42. The van der Waals surface area contributed by atoms with Gasteiger partial charge in [0, 0.05) is 23.2 Å². The summed E-state index contributed by atoms with van der Waals surface area (Å²) in [6, 6.07) is 13.4. The van der Waals surface area contributed by atoms with Crippen molar-refractivity contribution >= 4 is 22.3 Å². The van der Waals surface area contributed by atoms with Crippen LogP contribution in [0.4, 0.5) is 5.95 Å². The van der Waals surface area contributed by atoms with Gasteiger partial charge in [-0.25, -0.2) is 28.1 Å². The Morgan fingerprint density at radius 1 is 0.979 bits per heavy atom. The van der Waals surface area contributed by atoms with Gasteiger partial charge in [0.25, 0.3) is 10.0 Å². The number of nitrogens with zero attached hydrogens (tertiary/aromatic N) is 5. The molecule has 1 aliphatic rings. The monoisotopic (exact) mass is 672 g/mol. The highest BCUT2D eigenvalue weighted by Gasteiger charge is 2.39. The van der Waals surface area contributed by atoms with E-state index in [-0.39, 0.29) is 40.5 Å². The van der Waals surface area contributed by atoms with Crippen molar-refractivity contribution in [2.24, 2.45) is 11.8 Å². The van der Waals surface area contributed by atoms with Gasteiger partial charge in [-0.2, -0.15) is 4.98 Å². The predicted octanol–water partition coefficient (Wildman–Crippen LogP) is 6.44. The molecule has 1 fully saturated rings. The molecule has 48 heavy (non-hydrogen) atoms. The van der Waals surface area contributed by atoms with Crippen molar-refractivity contribution in [3.63, 3.8) is 0 Å². The second-order valence-electron chi connectivity index (χ2n) is 13.0. The summed E-state index contributed by atoms with van der Waals surface area (Å²) in [6.07, 6.45) is 5.96. The fourth-order valence-corrected chi connectivity index (χ4v) is 7.44. The van der Waals surface area contributed by atoms with Crippen LogP contribution >= 0.6 is 0 Å². The summed E-state index contributed by atoms with van der Waals surface area (Å²) < 4.78 is 41.5. The molecular weight excluding hydrogens is 628 g/mol. The van der Waals surface area contributed by atoms with E-state index in [1.807, 2.05) is 45.9 Å². The molecule has 0 saturated carbocycles. The first kappa shape index (κ1) is 34.9. The molecule has 3 heterocycles. The number of hydrogen-bond acceptors (Lipinski definition) is 10. The zero-order valence-electron chi connectivity index (χ0n) is 28.5. The summed E-state index contributed by atoms with van der Waals surface area (Å²) in [5, 5.41) is 0. The fraction of sp³-hybridized carbons (Fsp3) is 0.417. The quantitative estimate of drug-likeness (QED) is 0.168. The van der Waals surface area contributed by atoms with Gasteiger partial charge in [0.2, 0.25) is 11.8 Å². The number of aromatic nitrogens is 4. The van der Waals surface area contributed by atoms with E-state index in [2.05, 4.69) is 50.5 Å². The molecule has 3 atom stereocenters. The van der Waals surface area contributed by atoms with Gasteiger partial charge < -0.3 is 9.47 Å². The molecule has 5 rings (SSSR count). The maximum atomic E-state index is 13.4. The number of aldehydes is 1. The molecule has 0 aliphatic carbocycles. The van der Waals surface area contributed by atoms with E-state index in [1.54, 1.807) is 18.5 Å². The van der Waals surface area contributed by atoms with Gasteiger partial charge in [0.15, 0.2) is 5.75 Å². The second-order valence-corrected chi connectivity index (χ2v) is 14.6. The average molecular weight is 673 g/mol. The Labute approximate surface area is 283 Å². The summed E-state index contributed by atoms with van der Waals surface area (Å²) in [4.78, 5) is 32.0. The maximum absolute atomic E-state index is 13.4. The van der Waals surface area contributed by atoms with Gasteiger partial charge in [0.1, 0.15) is 18.7 Å². The molecule has 2 aromatic heterocycles. The first-order chi connectivity index (χ1) is 22.9. The van der Waals surface area contributed by atoms with Crippen molar-refractivity contribution in [3.8, 4) is 22.9 Å². The van der Waals surface area contributed by atoms with Crippen molar-refractivity contribution in [2.75, 3.05) is 18.4 Å². The van der Waals surface area contributed by atoms with Gasteiger partial charge in [-0.05, 0) is 82.7 Å². The lowest BCUT2D eigenvalue weighted by Gasteiger charge is -2.45. The molecule has 4 aromatic rings. The van der Waals surface area contributed by atoms with Crippen LogP contribution in [0.25, 0.3) is 11.3 Å². The minimum atomic E-state index is -4.11. The summed E-state index contributed by atoms with van der Waals surface area (Å²) in [7, 11) is -2.04. The number of carbonyl (C=O) groups excluding carboxylic acids is 1. The molecule has 1 N–H and O–H groups in total. The number of likely N-dealkylation sites (tertiary alicyclic amines) is 1. The number of ether oxygens (including phenoxy) is 2. The summed E-state index contributed by atoms with van der Waals surface area (Å²) in [5.41, 5.74) is 3.60. The zero-order chi connectivity index (χ0) is 34.6. The molecule has 0 spiro atoms. The number of nitrogens with one attached hydrogen (secondary N) is 1. The van der Waals surface area contributed by atoms with Crippen molar-refractivity contribution in [2.45, 2.75) is 77.5 Å². The highest BCUT2D eigenvalue weighted by Crippen LogP contribution is 2.39. The van der Waals surface area contributed by atoms with Crippen molar-refractivity contribution < 1.29 is 22.7 Å². The Bertz CT molecular complexity index is 1830. The Kier molecular flexibility index (Phi) is 10.7. The average Bonchev–Trinajstić information content (AvgIpc) is 3.04. The number of anilines is 1. The first-order valence-electron chi connectivity index (χ1n) is 16.2. The normalized spacial score (nSPS) is 18.6. The number of rotatable bonds is 12. The molecule has 1 aliphatic heterocycles. The Morgan fingerprint density at radius 2 is 1.67 bits per heavy atom. The van der Waals surface area contributed by atoms with Crippen LogP contribution in [0, 0.1) is 25.7 Å². The second kappa shape index (κ2) is 14.8. The molecule has 0 bridgehead atoms. The molecule has 1 saturated heterocycles. The molecule has 254 valence electrons. The van der Waals surface area contributed by atoms with Crippen molar-refractivity contribution in [1.82, 2.24) is 24.8 Å². The van der Waals surface area contributed by atoms with Gasteiger partial charge in [0.05, 0.1) is 35.1 Å². The van der Waals surface area contributed by atoms with Crippen LogP contribution in [0.1, 0.15) is 73.9 Å². The van der Waals surface area contributed by atoms with E-state index >= 15 is 0 Å². The van der Waals surface area contributed by atoms with Crippen molar-refractivity contribution in [3.05, 3.63) is 83.4 Å². The zero-order valence-corrected chi connectivity index (χ0v) is 29.4. The number of likely N-dealkylation sites (N-methyl/N-ethyl adjacent to an activating group) is 1. The van der Waals surface area contributed by atoms with Crippen LogP contribution < -0.4 is 14.2 Å². The van der Waals surface area contributed by atoms with Crippen LogP contribution in [0.5, 0.6) is 11.6 Å². The third kappa shape index (κ3) is 7.99. The topological polar surface area (TPSA) is 136 Å². The maximum Gasteiger partial charge on any atom is 0.264 e. The summed E-state index contributed by atoms with van der Waals surface area (Å²) in [6.45, 7) is 12.6. The molecule has 0 amide bonds. The predicted molar refractivity (Wildman–Crippen MR) is 185 cm³/mol. The number of hydrogen-bond donors (Lipinski definition) is 1. The van der Waals surface area contributed by atoms with E-state index in [4.69, 9.17) is 9.47 Å². The minimum Gasteiger partial charge on any atom is -0.488 e. The number of aryl methyl sites for hydroxylation is 2. The van der Waals surface area contributed by atoms with E-state index in [0.717, 1.165) is 35.4 Å². The van der Waals surface area contributed by atoms with Crippen LogP contribution in [0.2, 0.25) is 0 Å². The molecule has 12 heteroatoms. The van der Waals surface area contributed by atoms with E-state index in [9.17, 15) is 13.2 Å². The van der Waals surface area contributed by atoms with Crippen LogP contribution in [-0.4, -0.2) is 65.3 Å². The van der Waals surface area contributed by atoms with Gasteiger partial charge >= 0.3 is 0 Å². The number of benzene rings is 2. The molecular formula is C36H44N6O5S. The Morgan fingerprint density at radius 3 is 2.31 bits per heavy atom. The number of piperidine rings is 1. The Balaban J connectivity index is 1.46. The van der Waals surface area contributed by atoms with E-state index in [1.165, 1.54) is 24.3 Å². The summed E-state index contributed by atoms with van der Waals surface area (Å²) in [5.74, 6) is 2.21. The summed E-state index contributed by atoms with van der Waals surface area (Å²) >= 11 is 0. The largest absolute Gasteiger partial charge is 0.488 e. The molecule has 11 nitrogen and oxygen atoms in total. The highest BCUT2D eigenvalue weighted by molar-refractivity contribution is 7.92. The van der Waals surface area contributed by atoms with E-state index < -0.39 is 10.0 Å². The number of sulfonamides is 1. The highest BCUT2D eigenvalue weighted by atomic mass is 32.2. The van der Waals surface area contributed by atoms with E-state index in [0.29, 0.717) is 36.2 Å². The molecule has 3 unspecified atom stereocenters. The van der Waals surface area contributed by atoms with Crippen LogP contribution in [-0.2, 0) is 10.0 Å². The third-order valence-corrected chi connectivity index (χ3v) is 10.2. The fourth-order valence-electron chi connectivity index (χ4n) is 6.44. The number of carbonyl (C=O) groups is 1. The molecule has 0 radical (unpaired) electrons. The lowest BCUT2D eigenvalue weighted by Crippen LogP contribution is -2.49. The van der Waals surface area contributed by atoms with Crippen LogP contribution in [0.3, 0.4) is 0 Å². The van der Waals surface area contributed by atoms with Gasteiger partial charge in [-0.15, -0.1) is 0 Å². The smallest absolute Gasteiger partial charge is 0.264 e. The minimum absolute atomic E-state index is 0.00350. The SMILES string of the molecule is Cc1cccc(C)c1-c1cc(OCC2C(C(C)C)CCC(c3ncc(OC(C)C)cn3)N2C)nc(NS(=O)(=O)c2cccc(C=O)c2)n1. The molecule has 2 aromatic carbocycles. The van der Waals surface area contributed by atoms with Crippen molar-refractivity contribution in [1.29, 1.82) is 0 Å². The van der Waals surface area contributed by atoms with Crippen LogP contribution in [0.15, 0.2) is 65.8 Å². The first-order valence-corrected chi connectivity index (χ1v) is 17.7.